The summed E-state index contributed by atoms with van der Waals surface area (Å²) in [5, 5.41) is 0. The number of hydrogen-bond acceptors (Lipinski definition) is 5. The first-order valence-electron chi connectivity index (χ1n) is 9.35. The van der Waals surface area contributed by atoms with E-state index in [0.717, 1.165) is 5.46 Å². The molecule has 0 N–H and O–H groups in total. The fourth-order valence-electron chi connectivity index (χ4n) is 3.79. The second kappa shape index (κ2) is 6.79. The molecule has 1 aromatic heterocycles. The van der Waals surface area contributed by atoms with Gasteiger partial charge in [-0.05, 0) is 50.5 Å². The summed E-state index contributed by atoms with van der Waals surface area (Å²) < 4.78 is 17.1. The van der Waals surface area contributed by atoms with Crippen molar-refractivity contribution in [3.05, 3.63) is 42.4 Å². The number of benzene rings is 1. The van der Waals surface area contributed by atoms with Crippen LogP contribution in [0.4, 0.5) is 11.4 Å². The topological polar surface area (TPSA) is 72.2 Å². The molecule has 0 unspecified atom stereocenters. The van der Waals surface area contributed by atoms with Gasteiger partial charge in [0.2, 0.25) is 5.91 Å². The van der Waals surface area contributed by atoms with E-state index in [1.54, 1.807) is 21.9 Å². The van der Waals surface area contributed by atoms with E-state index in [1.165, 1.54) is 13.2 Å². The fourth-order valence-corrected chi connectivity index (χ4v) is 3.79. The number of fused-ring (bicyclic) bond motifs is 1. The zero-order valence-corrected chi connectivity index (χ0v) is 16.5. The van der Waals surface area contributed by atoms with Crippen LogP contribution in [0.2, 0.25) is 0 Å². The number of rotatable bonds is 2. The Labute approximate surface area is 164 Å². The highest BCUT2D eigenvalue weighted by Gasteiger charge is 2.40. The Bertz CT molecular complexity index is 911. The summed E-state index contributed by atoms with van der Waals surface area (Å²) >= 11 is 0. The highest BCUT2D eigenvalue weighted by molar-refractivity contribution is 6.62. The van der Waals surface area contributed by atoms with Gasteiger partial charge in [-0.25, -0.2) is 0 Å². The maximum Gasteiger partial charge on any atom is 0.494 e. The normalized spacial score (nSPS) is 21.0. The fraction of sp³-hybridized carbons (Fsp3) is 0.400. The van der Waals surface area contributed by atoms with Crippen molar-refractivity contribution < 1.29 is 23.3 Å². The molecule has 0 bridgehead atoms. The van der Waals surface area contributed by atoms with E-state index < -0.39 is 7.12 Å². The molecule has 8 heteroatoms. The molecule has 2 aliphatic rings. The van der Waals surface area contributed by atoms with Crippen molar-refractivity contribution in [2.75, 3.05) is 23.0 Å². The molecule has 1 saturated heterocycles. The third kappa shape index (κ3) is 3.23. The van der Waals surface area contributed by atoms with Crippen molar-refractivity contribution in [2.24, 2.45) is 0 Å². The van der Waals surface area contributed by atoms with Gasteiger partial charge in [-0.15, -0.1) is 0 Å². The molecule has 2 aromatic rings. The van der Waals surface area contributed by atoms with Crippen molar-refractivity contribution in [1.82, 2.24) is 0 Å². The first-order chi connectivity index (χ1) is 13.3. The Hall–Kier alpha value is -2.58. The van der Waals surface area contributed by atoms with Crippen LogP contribution in [0.25, 0.3) is 0 Å². The lowest BCUT2D eigenvalue weighted by Crippen LogP contribution is -2.52. The van der Waals surface area contributed by atoms with Gasteiger partial charge < -0.3 is 23.5 Å². The lowest BCUT2D eigenvalue weighted by atomic mass is 9.78. The van der Waals surface area contributed by atoms with Crippen LogP contribution in [0.15, 0.2) is 41.0 Å². The number of hydrogen-bond donors (Lipinski definition) is 0. The van der Waals surface area contributed by atoms with Gasteiger partial charge in [-0.3, -0.25) is 9.59 Å². The van der Waals surface area contributed by atoms with Crippen LogP contribution in [-0.4, -0.2) is 43.7 Å². The Morgan fingerprint density at radius 2 is 2.00 bits per heavy atom. The first-order valence-corrected chi connectivity index (χ1v) is 9.35. The molecular formula is C20H23BN2O5. The van der Waals surface area contributed by atoms with Crippen LogP contribution >= 0.6 is 0 Å². The van der Waals surface area contributed by atoms with E-state index in [4.69, 9.17) is 13.7 Å². The minimum absolute atomic E-state index is 0.0684. The Balaban J connectivity index is 1.77. The first kappa shape index (κ1) is 18.8. The molecule has 0 spiro atoms. The number of carbonyl (C=O) groups excluding carboxylic acids is 2. The smallest absolute Gasteiger partial charge is 0.459 e. The molecule has 0 aliphatic carbocycles. The molecule has 2 aliphatic heterocycles. The maximum atomic E-state index is 13.0. The number of carbonyl (C=O) groups is 2. The average Bonchev–Trinajstić information content (AvgIpc) is 3.29. The molecule has 1 aromatic carbocycles. The summed E-state index contributed by atoms with van der Waals surface area (Å²) in [6.07, 6.45) is 1.47. The molecule has 3 heterocycles. The zero-order valence-electron chi connectivity index (χ0n) is 16.5. The van der Waals surface area contributed by atoms with Crippen molar-refractivity contribution in [3.63, 3.8) is 0 Å². The molecule has 4 rings (SSSR count). The lowest BCUT2D eigenvalue weighted by molar-refractivity contribution is -0.117. The van der Waals surface area contributed by atoms with E-state index in [-0.39, 0.29) is 29.2 Å². The van der Waals surface area contributed by atoms with E-state index in [1.807, 2.05) is 39.0 Å². The minimum atomic E-state index is -0.508. The highest BCUT2D eigenvalue weighted by Crippen LogP contribution is 2.36. The van der Waals surface area contributed by atoms with Crippen LogP contribution in [0.1, 0.15) is 38.2 Å². The quantitative estimate of drug-likeness (QED) is 0.745. The molecule has 7 nitrogen and oxygen atoms in total. The predicted molar refractivity (Wildman–Crippen MR) is 106 cm³/mol. The van der Waals surface area contributed by atoms with Gasteiger partial charge in [0.15, 0.2) is 5.76 Å². The summed E-state index contributed by atoms with van der Waals surface area (Å²) in [5.74, 6) is -0.0533. The SMILES string of the molecule is CC(=O)N1c2ccc(B3OCC(C)(C)O3)cc2N(C(=O)c2ccco2)C[C@@H]1C. The van der Waals surface area contributed by atoms with Crippen molar-refractivity contribution in [2.45, 2.75) is 39.3 Å². The minimum Gasteiger partial charge on any atom is -0.459 e. The average molecular weight is 382 g/mol. The van der Waals surface area contributed by atoms with Crippen molar-refractivity contribution >= 4 is 35.8 Å². The van der Waals surface area contributed by atoms with Crippen molar-refractivity contribution in [1.29, 1.82) is 0 Å². The summed E-state index contributed by atoms with van der Waals surface area (Å²) in [6.45, 7) is 8.25. The van der Waals surface area contributed by atoms with Gasteiger partial charge >= 0.3 is 7.12 Å². The summed E-state index contributed by atoms with van der Waals surface area (Å²) in [6, 6.07) is 8.76. The van der Waals surface area contributed by atoms with Crippen LogP contribution < -0.4 is 15.3 Å². The summed E-state index contributed by atoms with van der Waals surface area (Å²) in [7, 11) is -0.508. The standard InChI is InChI=1S/C20H23BN2O5/c1-13-11-22(19(25)18-6-5-9-26-18)17-10-15(21-27-12-20(3,4)28-21)7-8-16(17)23(13)14(2)24/h5-10,13H,11-12H2,1-4H3/t13-/m0/s1. The number of nitrogens with zero attached hydrogens (tertiary/aromatic N) is 2. The molecule has 0 saturated carbocycles. The highest BCUT2D eigenvalue weighted by atomic mass is 16.7. The van der Waals surface area contributed by atoms with E-state index in [0.29, 0.717) is 24.5 Å². The van der Waals surface area contributed by atoms with Gasteiger partial charge in [0.25, 0.3) is 5.91 Å². The van der Waals surface area contributed by atoms with Crippen LogP contribution in [-0.2, 0) is 14.1 Å². The van der Waals surface area contributed by atoms with Gasteiger partial charge in [0.1, 0.15) is 0 Å². The second-order valence-electron chi connectivity index (χ2n) is 7.90. The number of furan rings is 1. The summed E-state index contributed by atoms with van der Waals surface area (Å²) in [4.78, 5) is 28.7. The Kier molecular flexibility index (Phi) is 4.55. The Morgan fingerprint density at radius 3 is 2.61 bits per heavy atom. The van der Waals surface area contributed by atoms with E-state index >= 15 is 0 Å². The third-order valence-electron chi connectivity index (χ3n) is 5.03. The molecule has 1 atom stereocenters. The zero-order chi connectivity index (χ0) is 20.1. The van der Waals surface area contributed by atoms with Gasteiger partial charge in [0.05, 0.1) is 35.9 Å². The molecule has 1 fully saturated rings. The molecule has 28 heavy (non-hydrogen) atoms. The second-order valence-corrected chi connectivity index (χ2v) is 7.90. The molecule has 146 valence electrons. The maximum absolute atomic E-state index is 13.0. The van der Waals surface area contributed by atoms with Crippen LogP contribution in [0.5, 0.6) is 0 Å². The molecule has 0 radical (unpaired) electrons. The molecule has 2 amide bonds. The Morgan fingerprint density at radius 1 is 1.21 bits per heavy atom. The van der Waals surface area contributed by atoms with Gasteiger partial charge in [0, 0.05) is 13.5 Å². The van der Waals surface area contributed by atoms with Gasteiger partial charge in [-0.2, -0.15) is 0 Å². The summed E-state index contributed by atoms with van der Waals surface area (Å²) in [5.41, 5.74) is 1.76. The lowest BCUT2D eigenvalue weighted by Gasteiger charge is -2.40. The number of amides is 2. The number of anilines is 2. The van der Waals surface area contributed by atoms with Crippen molar-refractivity contribution in [3.8, 4) is 0 Å². The van der Waals surface area contributed by atoms with E-state index in [2.05, 4.69) is 0 Å². The third-order valence-corrected chi connectivity index (χ3v) is 5.03. The van der Waals surface area contributed by atoms with Crippen LogP contribution in [0, 0.1) is 0 Å². The van der Waals surface area contributed by atoms with Crippen LogP contribution in [0.3, 0.4) is 0 Å². The molecular weight excluding hydrogens is 359 g/mol. The largest absolute Gasteiger partial charge is 0.494 e. The van der Waals surface area contributed by atoms with Gasteiger partial charge in [-0.1, -0.05) is 6.07 Å². The monoisotopic (exact) mass is 382 g/mol. The predicted octanol–water partition coefficient (Wildman–Crippen LogP) is 2.20. The van der Waals surface area contributed by atoms with E-state index in [9.17, 15) is 9.59 Å².